The zero-order valence-electron chi connectivity index (χ0n) is 7.42. The quantitative estimate of drug-likeness (QED) is 0.445. The maximum atomic E-state index is 8.43. The molecular formula is C9H19NO. The van der Waals surface area contributed by atoms with Gasteiger partial charge < -0.3 is 5.11 Å². The van der Waals surface area contributed by atoms with Crippen LogP contribution in [0.15, 0.2) is 4.99 Å². The van der Waals surface area contributed by atoms with Gasteiger partial charge in [0.15, 0.2) is 0 Å². The molecule has 0 bridgehead atoms. The van der Waals surface area contributed by atoms with Gasteiger partial charge in [0.05, 0.1) is 0 Å². The number of rotatable bonds is 7. The first-order chi connectivity index (χ1) is 5.41. The van der Waals surface area contributed by atoms with Crippen molar-refractivity contribution in [3.63, 3.8) is 0 Å². The van der Waals surface area contributed by atoms with Gasteiger partial charge in [-0.25, -0.2) is 0 Å². The van der Waals surface area contributed by atoms with E-state index in [-0.39, 0.29) is 6.61 Å². The molecule has 0 saturated heterocycles. The molecule has 11 heavy (non-hydrogen) atoms. The van der Waals surface area contributed by atoms with Gasteiger partial charge in [-0.05, 0) is 25.5 Å². The molecule has 0 saturated carbocycles. The lowest BCUT2D eigenvalue weighted by atomic mass is 10.2. The van der Waals surface area contributed by atoms with Gasteiger partial charge in [-0.3, -0.25) is 4.99 Å². The summed E-state index contributed by atoms with van der Waals surface area (Å²) < 4.78 is 0. The predicted octanol–water partition coefficient (Wildman–Crippen LogP) is 2.02. The van der Waals surface area contributed by atoms with Crippen LogP contribution in [-0.2, 0) is 0 Å². The van der Waals surface area contributed by atoms with Gasteiger partial charge in [-0.1, -0.05) is 19.8 Å². The molecule has 0 aliphatic heterocycles. The third kappa shape index (κ3) is 9.63. The first-order valence-corrected chi connectivity index (χ1v) is 4.51. The predicted molar refractivity (Wildman–Crippen MR) is 49.2 cm³/mol. The van der Waals surface area contributed by atoms with Crippen molar-refractivity contribution in [1.82, 2.24) is 0 Å². The topological polar surface area (TPSA) is 32.6 Å². The normalized spacial score (nSPS) is 11.1. The number of nitrogens with zero attached hydrogens (tertiary/aromatic N) is 1. The summed E-state index contributed by atoms with van der Waals surface area (Å²) in [5, 5.41) is 8.43. The molecule has 0 atom stereocenters. The van der Waals surface area contributed by atoms with E-state index < -0.39 is 0 Å². The summed E-state index contributed by atoms with van der Waals surface area (Å²) in [5.41, 5.74) is 0. The average Bonchev–Trinajstić information content (AvgIpc) is 2.03. The first kappa shape index (κ1) is 10.6. The van der Waals surface area contributed by atoms with E-state index in [1.807, 2.05) is 6.21 Å². The van der Waals surface area contributed by atoms with Crippen molar-refractivity contribution in [3.8, 4) is 0 Å². The van der Waals surface area contributed by atoms with Crippen LogP contribution in [0.1, 0.15) is 39.0 Å². The Kier molecular flexibility index (Phi) is 9.31. The van der Waals surface area contributed by atoms with Crippen LogP contribution in [0.2, 0.25) is 0 Å². The number of hydrogen-bond acceptors (Lipinski definition) is 2. The molecule has 0 spiro atoms. The molecule has 1 N–H and O–H groups in total. The molecule has 0 aliphatic carbocycles. The van der Waals surface area contributed by atoms with Gasteiger partial charge in [-0.2, -0.15) is 0 Å². The summed E-state index contributed by atoms with van der Waals surface area (Å²) in [6, 6.07) is 0. The molecule has 0 unspecified atom stereocenters. The fourth-order valence-corrected chi connectivity index (χ4v) is 0.830. The Morgan fingerprint density at radius 1 is 1.27 bits per heavy atom. The Labute approximate surface area is 69.3 Å². The van der Waals surface area contributed by atoms with Gasteiger partial charge >= 0.3 is 0 Å². The highest BCUT2D eigenvalue weighted by molar-refractivity contribution is 5.56. The van der Waals surface area contributed by atoms with Crippen molar-refractivity contribution in [2.45, 2.75) is 39.0 Å². The lowest BCUT2D eigenvalue weighted by molar-refractivity contribution is 0.291. The molecule has 0 aliphatic rings. The third-order valence-electron chi connectivity index (χ3n) is 1.51. The standard InChI is InChI=1S/C9H19NO/c1-2-3-4-5-7-10-8-6-9-11/h7,11H,2-6,8-9H2,1H3. The Morgan fingerprint density at radius 3 is 2.73 bits per heavy atom. The molecule has 0 aromatic rings. The number of unbranched alkanes of at least 4 members (excludes halogenated alkanes) is 3. The molecule has 0 radical (unpaired) electrons. The van der Waals surface area contributed by atoms with E-state index in [9.17, 15) is 0 Å². The molecular weight excluding hydrogens is 138 g/mol. The minimum absolute atomic E-state index is 0.256. The van der Waals surface area contributed by atoms with Crippen LogP contribution in [0.5, 0.6) is 0 Å². The Bertz CT molecular complexity index is 91.6. The number of aliphatic imine (C=N–C) groups is 1. The molecule has 0 rings (SSSR count). The fraction of sp³-hybridized carbons (Fsp3) is 0.889. The molecule has 0 fully saturated rings. The molecule has 0 heterocycles. The van der Waals surface area contributed by atoms with Crippen molar-refractivity contribution < 1.29 is 5.11 Å². The minimum Gasteiger partial charge on any atom is -0.396 e. The van der Waals surface area contributed by atoms with Crippen LogP contribution < -0.4 is 0 Å². The zero-order valence-corrected chi connectivity index (χ0v) is 7.42. The van der Waals surface area contributed by atoms with Crippen molar-refractivity contribution in [1.29, 1.82) is 0 Å². The second-order valence-electron chi connectivity index (χ2n) is 2.66. The average molecular weight is 157 g/mol. The van der Waals surface area contributed by atoms with Crippen LogP contribution in [0.25, 0.3) is 0 Å². The SMILES string of the molecule is CCCCCC=NCCCO. The molecule has 0 amide bonds. The largest absolute Gasteiger partial charge is 0.396 e. The Morgan fingerprint density at radius 2 is 2.09 bits per heavy atom. The van der Waals surface area contributed by atoms with Gasteiger partial charge in [0.1, 0.15) is 0 Å². The minimum atomic E-state index is 0.256. The lowest BCUT2D eigenvalue weighted by Crippen LogP contribution is -1.87. The summed E-state index contributed by atoms with van der Waals surface area (Å²) in [6.07, 6.45) is 7.69. The van der Waals surface area contributed by atoms with E-state index >= 15 is 0 Å². The summed E-state index contributed by atoms with van der Waals surface area (Å²) >= 11 is 0. The Hall–Kier alpha value is -0.370. The molecule has 2 nitrogen and oxygen atoms in total. The first-order valence-electron chi connectivity index (χ1n) is 4.51. The van der Waals surface area contributed by atoms with Gasteiger partial charge in [0, 0.05) is 13.2 Å². The van der Waals surface area contributed by atoms with E-state index in [0.717, 1.165) is 19.4 Å². The number of aliphatic hydroxyl groups excluding tert-OH is 1. The summed E-state index contributed by atoms with van der Waals surface area (Å²) in [7, 11) is 0. The van der Waals surface area contributed by atoms with Crippen molar-refractivity contribution in [2.75, 3.05) is 13.2 Å². The second-order valence-corrected chi connectivity index (χ2v) is 2.66. The zero-order chi connectivity index (χ0) is 8.36. The third-order valence-corrected chi connectivity index (χ3v) is 1.51. The van der Waals surface area contributed by atoms with Gasteiger partial charge in [0.25, 0.3) is 0 Å². The van der Waals surface area contributed by atoms with E-state index in [0.29, 0.717) is 0 Å². The Balaban J connectivity index is 2.91. The maximum Gasteiger partial charge on any atom is 0.0448 e. The molecule has 2 heteroatoms. The number of aliphatic hydroxyl groups is 1. The van der Waals surface area contributed by atoms with Crippen molar-refractivity contribution in [3.05, 3.63) is 0 Å². The monoisotopic (exact) mass is 157 g/mol. The van der Waals surface area contributed by atoms with Gasteiger partial charge in [-0.15, -0.1) is 0 Å². The van der Waals surface area contributed by atoms with E-state index in [1.165, 1.54) is 19.3 Å². The van der Waals surface area contributed by atoms with Crippen LogP contribution in [0, 0.1) is 0 Å². The van der Waals surface area contributed by atoms with E-state index in [4.69, 9.17) is 5.11 Å². The van der Waals surface area contributed by atoms with Gasteiger partial charge in [0.2, 0.25) is 0 Å². The molecule has 0 aromatic carbocycles. The van der Waals surface area contributed by atoms with E-state index in [2.05, 4.69) is 11.9 Å². The molecule has 0 aromatic heterocycles. The van der Waals surface area contributed by atoms with Crippen LogP contribution in [-0.4, -0.2) is 24.5 Å². The lowest BCUT2D eigenvalue weighted by Gasteiger charge is -1.91. The second kappa shape index (κ2) is 9.63. The fourth-order valence-electron chi connectivity index (χ4n) is 0.830. The van der Waals surface area contributed by atoms with Crippen LogP contribution >= 0.6 is 0 Å². The highest BCUT2D eigenvalue weighted by Gasteiger charge is 1.82. The van der Waals surface area contributed by atoms with Crippen LogP contribution in [0.4, 0.5) is 0 Å². The van der Waals surface area contributed by atoms with E-state index in [1.54, 1.807) is 0 Å². The van der Waals surface area contributed by atoms with Crippen molar-refractivity contribution >= 4 is 6.21 Å². The summed E-state index contributed by atoms with van der Waals surface area (Å²) in [6.45, 7) is 3.23. The smallest absolute Gasteiger partial charge is 0.0448 e. The number of hydrogen-bond donors (Lipinski definition) is 1. The van der Waals surface area contributed by atoms with Crippen molar-refractivity contribution in [2.24, 2.45) is 4.99 Å². The highest BCUT2D eigenvalue weighted by atomic mass is 16.2. The summed E-state index contributed by atoms with van der Waals surface area (Å²) in [4.78, 5) is 4.15. The maximum absolute atomic E-state index is 8.43. The molecule has 66 valence electrons. The highest BCUT2D eigenvalue weighted by Crippen LogP contribution is 1.95. The summed E-state index contributed by atoms with van der Waals surface area (Å²) in [5.74, 6) is 0. The van der Waals surface area contributed by atoms with Crippen LogP contribution in [0.3, 0.4) is 0 Å².